The van der Waals surface area contributed by atoms with Gasteiger partial charge in [-0.25, -0.2) is 4.98 Å². The van der Waals surface area contributed by atoms with E-state index in [1.165, 1.54) is 16.2 Å². The molecule has 0 aliphatic carbocycles. The number of amides is 1. The van der Waals surface area contributed by atoms with Crippen LogP contribution in [0.3, 0.4) is 0 Å². The normalized spacial score (nSPS) is 15.7. The van der Waals surface area contributed by atoms with Gasteiger partial charge >= 0.3 is 0 Å². The number of thioether (sulfide) groups is 1. The molecule has 0 spiro atoms. The highest BCUT2D eigenvalue weighted by atomic mass is 35.5. The SMILES string of the molecule is O=C(C[NH+]1CCSCC1)Nc1nc(-c2ccc(Cl)cc2)cs1. The van der Waals surface area contributed by atoms with Crippen molar-refractivity contribution in [1.82, 2.24) is 4.98 Å². The van der Waals surface area contributed by atoms with Gasteiger partial charge in [0, 0.05) is 27.5 Å². The van der Waals surface area contributed by atoms with Crippen LogP contribution in [-0.2, 0) is 4.79 Å². The Kier molecular flexibility index (Phi) is 5.36. The molecule has 0 saturated carbocycles. The Labute approximate surface area is 142 Å². The van der Waals surface area contributed by atoms with Gasteiger partial charge < -0.3 is 4.90 Å². The van der Waals surface area contributed by atoms with E-state index in [2.05, 4.69) is 10.3 Å². The molecule has 0 atom stereocenters. The number of hydrogen-bond acceptors (Lipinski definition) is 4. The number of halogens is 1. The number of carbonyl (C=O) groups excluding carboxylic acids is 1. The highest BCUT2D eigenvalue weighted by Crippen LogP contribution is 2.25. The number of carbonyl (C=O) groups is 1. The molecule has 1 amide bonds. The lowest BCUT2D eigenvalue weighted by atomic mass is 10.2. The number of hydrogen-bond donors (Lipinski definition) is 2. The number of rotatable bonds is 4. The van der Waals surface area contributed by atoms with E-state index in [0.717, 1.165) is 35.9 Å². The Balaban J connectivity index is 1.59. The third-order valence-electron chi connectivity index (χ3n) is 3.50. The molecule has 116 valence electrons. The van der Waals surface area contributed by atoms with Gasteiger partial charge in [0.1, 0.15) is 0 Å². The number of thiazole rings is 1. The predicted molar refractivity (Wildman–Crippen MR) is 94.1 cm³/mol. The standard InChI is InChI=1S/C15H16ClN3OS2/c16-12-3-1-11(2-4-12)13-10-22-15(17-13)18-14(20)9-19-5-7-21-8-6-19/h1-4,10H,5-9H2,(H,17,18,20)/p+1. The molecule has 1 aromatic carbocycles. The molecule has 2 N–H and O–H groups in total. The van der Waals surface area contributed by atoms with E-state index < -0.39 is 0 Å². The maximum absolute atomic E-state index is 12.1. The van der Waals surface area contributed by atoms with E-state index in [-0.39, 0.29) is 5.91 Å². The molecule has 0 radical (unpaired) electrons. The van der Waals surface area contributed by atoms with Gasteiger partial charge in [0.15, 0.2) is 11.7 Å². The molecule has 1 fully saturated rings. The van der Waals surface area contributed by atoms with Crippen LogP contribution >= 0.6 is 34.7 Å². The van der Waals surface area contributed by atoms with E-state index >= 15 is 0 Å². The van der Waals surface area contributed by atoms with Gasteiger partial charge in [-0.05, 0) is 12.1 Å². The van der Waals surface area contributed by atoms with Crippen molar-refractivity contribution in [2.24, 2.45) is 0 Å². The van der Waals surface area contributed by atoms with Crippen molar-refractivity contribution in [3.8, 4) is 11.3 Å². The summed E-state index contributed by atoms with van der Waals surface area (Å²) in [6.07, 6.45) is 0. The molecule has 1 aliphatic heterocycles. The maximum atomic E-state index is 12.1. The minimum absolute atomic E-state index is 0.0407. The van der Waals surface area contributed by atoms with Crippen molar-refractivity contribution in [1.29, 1.82) is 0 Å². The fourth-order valence-electron chi connectivity index (χ4n) is 2.31. The Morgan fingerprint density at radius 1 is 1.27 bits per heavy atom. The topological polar surface area (TPSA) is 46.4 Å². The van der Waals surface area contributed by atoms with Gasteiger partial charge in [0.2, 0.25) is 0 Å². The summed E-state index contributed by atoms with van der Waals surface area (Å²) >= 11 is 9.30. The van der Waals surface area contributed by atoms with Crippen molar-refractivity contribution in [3.63, 3.8) is 0 Å². The second-order valence-electron chi connectivity index (χ2n) is 5.13. The molecule has 0 unspecified atom stereocenters. The highest BCUT2D eigenvalue weighted by molar-refractivity contribution is 7.99. The summed E-state index contributed by atoms with van der Waals surface area (Å²) in [5.41, 5.74) is 1.86. The van der Waals surface area contributed by atoms with E-state index in [1.807, 2.05) is 41.4 Å². The fraction of sp³-hybridized carbons (Fsp3) is 0.333. The second kappa shape index (κ2) is 7.46. The molecular formula is C15H17ClN3OS2+. The Bertz CT molecular complexity index is 638. The molecule has 3 rings (SSSR count). The van der Waals surface area contributed by atoms with Crippen LogP contribution in [0.4, 0.5) is 5.13 Å². The van der Waals surface area contributed by atoms with E-state index in [1.54, 1.807) is 0 Å². The molecule has 7 heteroatoms. The molecule has 0 bridgehead atoms. The average Bonchev–Trinajstić information content (AvgIpc) is 2.97. The first-order valence-corrected chi connectivity index (χ1v) is 9.54. The van der Waals surface area contributed by atoms with Gasteiger partial charge in [0.25, 0.3) is 5.91 Å². The summed E-state index contributed by atoms with van der Waals surface area (Å²) in [6.45, 7) is 2.65. The van der Waals surface area contributed by atoms with Crippen molar-refractivity contribution < 1.29 is 9.69 Å². The molecule has 1 aliphatic rings. The third-order valence-corrected chi connectivity index (χ3v) is 5.50. The summed E-state index contributed by atoms with van der Waals surface area (Å²) in [5.74, 6) is 2.32. The summed E-state index contributed by atoms with van der Waals surface area (Å²) in [5, 5.41) is 6.21. The second-order valence-corrected chi connectivity index (χ2v) is 7.65. The molecular weight excluding hydrogens is 338 g/mol. The Hall–Kier alpha value is -1.08. The number of nitrogens with zero attached hydrogens (tertiary/aromatic N) is 1. The van der Waals surface area contributed by atoms with Crippen LogP contribution in [0.2, 0.25) is 5.02 Å². The summed E-state index contributed by atoms with van der Waals surface area (Å²) < 4.78 is 0. The molecule has 2 aromatic rings. The van der Waals surface area contributed by atoms with E-state index in [0.29, 0.717) is 16.7 Å². The quantitative estimate of drug-likeness (QED) is 0.883. The smallest absolute Gasteiger partial charge is 0.281 e. The molecule has 1 saturated heterocycles. The van der Waals surface area contributed by atoms with Crippen molar-refractivity contribution in [2.45, 2.75) is 0 Å². The average molecular weight is 355 g/mol. The first-order chi connectivity index (χ1) is 10.7. The van der Waals surface area contributed by atoms with Crippen LogP contribution in [0.1, 0.15) is 0 Å². The van der Waals surface area contributed by atoms with Crippen LogP contribution in [-0.4, -0.2) is 42.0 Å². The minimum atomic E-state index is 0.0407. The Morgan fingerprint density at radius 3 is 2.73 bits per heavy atom. The molecule has 4 nitrogen and oxygen atoms in total. The zero-order valence-corrected chi connectivity index (χ0v) is 14.4. The lowest BCUT2D eigenvalue weighted by molar-refractivity contribution is -0.887. The number of quaternary nitrogens is 1. The third kappa shape index (κ3) is 4.23. The van der Waals surface area contributed by atoms with Gasteiger partial charge in [0.05, 0.1) is 18.8 Å². The van der Waals surface area contributed by atoms with E-state index in [9.17, 15) is 4.79 Å². The summed E-state index contributed by atoms with van der Waals surface area (Å²) in [7, 11) is 0. The van der Waals surface area contributed by atoms with Crippen molar-refractivity contribution >= 4 is 45.7 Å². The van der Waals surface area contributed by atoms with Gasteiger partial charge in [-0.2, -0.15) is 11.8 Å². The molecule has 1 aromatic heterocycles. The molecule has 2 heterocycles. The number of benzene rings is 1. The predicted octanol–water partition coefficient (Wildman–Crippen LogP) is 2.03. The van der Waals surface area contributed by atoms with Crippen LogP contribution in [0, 0.1) is 0 Å². The first kappa shape index (κ1) is 15.8. The fourth-order valence-corrected chi connectivity index (χ4v) is 4.24. The largest absolute Gasteiger partial charge is 0.326 e. The van der Waals surface area contributed by atoms with Crippen LogP contribution in [0.5, 0.6) is 0 Å². The van der Waals surface area contributed by atoms with Crippen LogP contribution in [0.25, 0.3) is 11.3 Å². The number of nitrogens with one attached hydrogen (secondary N) is 2. The van der Waals surface area contributed by atoms with Gasteiger partial charge in [-0.1, -0.05) is 23.7 Å². The van der Waals surface area contributed by atoms with Gasteiger partial charge in [-0.3, -0.25) is 10.1 Å². The summed E-state index contributed by atoms with van der Waals surface area (Å²) in [4.78, 5) is 17.9. The van der Waals surface area contributed by atoms with Crippen LogP contribution in [0.15, 0.2) is 29.6 Å². The van der Waals surface area contributed by atoms with E-state index in [4.69, 9.17) is 11.6 Å². The first-order valence-electron chi connectivity index (χ1n) is 7.13. The zero-order valence-electron chi connectivity index (χ0n) is 12.0. The highest BCUT2D eigenvalue weighted by Gasteiger charge is 2.18. The number of aromatic nitrogens is 1. The van der Waals surface area contributed by atoms with Crippen LogP contribution < -0.4 is 10.2 Å². The maximum Gasteiger partial charge on any atom is 0.281 e. The number of anilines is 1. The lowest BCUT2D eigenvalue weighted by Gasteiger charge is -2.22. The van der Waals surface area contributed by atoms with Crippen molar-refractivity contribution in [2.75, 3.05) is 36.5 Å². The Morgan fingerprint density at radius 2 is 2.00 bits per heavy atom. The monoisotopic (exact) mass is 354 g/mol. The minimum Gasteiger partial charge on any atom is -0.326 e. The molecule has 22 heavy (non-hydrogen) atoms. The van der Waals surface area contributed by atoms with Crippen molar-refractivity contribution in [3.05, 3.63) is 34.7 Å². The van der Waals surface area contributed by atoms with Gasteiger partial charge in [-0.15, -0.1) is 11.3 Å². The lowest BCUT2D eigenvalue weighted by Crippen LogP contribution is -3.14. The zero-order chi connectivity index (χ0) is 15.4. The summed E-state index contributed by atoms with van der Waals surface area (Å²) in [6, 6.07) is 7.54.